The Balaban J connectivity index is 2.03. The van der Waals surface area contributed by atoms with Crippen LogP contribution < -0.4 is 0 Å². The first-order valence-electron chi connectivity index (χ1n) is 9.56. The Bertz CT molecular complexity index is 439. The number of aliphatic hydroxyl groups is 1. The molecule has 4 heteroatoms. The first-order chi connectivity index (χ1) is 12.2. The average molecular weight is 350 g/mol. The zero-order valence-electron chi connectivity index (χ0n) is 15.7. The lowest BCUT2D eigenvalue weighted by Gasteiger charge is -2.00. The monoisotopic (exact) mass is 350 g/mol. The molecule has 0 amide bonds. The smallest absolute Gasteiger partial charge is 0.305 e. The maximum atomic E-state index is 10.9. The molecule has 4 nitrogen and oxygen atoms in total. The van der Waals surface area contributed by atoms with Crippen LogP contribution in [0.5, 0.6) is 0 Å². The first-order valence-corrected chi connectivity index (χ1v) is 9.56. The molecule has 142 valence electrons. The van der Waals surface area contributed by atoms with Crippen LogP contribution in [0.4, 0.5) is 0 Å². The molecule has 1 aliphatic rings. The van der Waals surface area contributed by atoms with Crippen molar-refractivity contribution < 1.29 is 19.4 Å². The predicted molar refractivity (Wildman–Crippen MR) is 101 cm³/mol. The van der Waals surface area contributed by atoms with E-state index in [1.807, 2.05) is 24.3 Å². The Morgan fingerprint density at radius 1 is 1.16 bits per heavy atom. The lowest BCUT2D eigenvalue weighted by atomic mass is 10.1. The standard InChI is InChI=1S/C21H34O4/c1-3-4-5-6-7-11-14-19-20(25-19)17-16-18(22)13-10-8-9-12-15-21(23)24-2/h7-8,10-11,16-20,22H,3-6,9,12-15H2,1-2H3/b10-8-,11-7-,17-16+/t18?,19-,20-/m0/s1. The Kier molecular flexibility index (Phi) is 12.0. The van der Waals surface area contributed by atoms with E-state index in [2.05, 4.69) is 23.8 Å². The second-order valence-corrected chi connectivity index (χ2v) is 6.47. The number of unbranched alkanes of at least 4 members (excludes halogenated alkanes) is 4. The molecule has 25 heavy (non-hydrogen) atoms. The lowest BCUT2D eigenvalue weighted by Crippen LogP contribution is -2.01. The zero-order chi connectivity index (χ0) is 18.3. The summed E-state index contributed by atoms with van der Waals surface area (Å²) in [7, 11) is 1.40. The SMILES string of the molecule is CCCCC/C=C\C[C@@H]1O[C@H]1/C=C/C(O)C/C=C\CCCC(=O)OC. The van der Waals surface area contributed by atoms with E-state index in [4.69, 9.17) is 4.74 Å². The van der Waals surface area contributed by atoms with Crippen molar-refractivity contribution in [1.82, 2.24) is 0 Å². The van der Waals surface area contributed by atoms with Gasteiger partial charge in [-0.3, -0.25) is 4.79 Å². The van der Waals surface area contributed by atoms with Crippen LogP contribution in [0.3, 0.4) is 0 Å². The summed E-state index contributed by atoms with van der Waals surface area (Å²) in [6.07, 6.45) is 20.7. The summed E-state index contributed by atoms with van der Waals surface area (Å²) in [6.45, 7) is 2.22. The number of hydrogen-bond acceptors (Lipinski definition) is 4. The Morgan fingerprint density at radius 3 is 2.68 bits per heavy atom. The first kappa shape index (κ1) is 21.7. The maximum Gasteiger partial charge on any atom is 0.305 e. The maximum absolute atomic E-state index is 10.9. The molecule has 0 aromatic heterocycles. The number of aliphatic hydroxyl groups excluding tert-OH is 1. The number of rotatable bonds is 14. The second kappa shape index (κ2) is 13.9. The second-order valence-electron chi connectivity index (χ2n) is 6.47. The number of allylic oxidation sites excluding steroid dienone is 2. The Labute approximate surface area is 152 Å². The van der Waals surface area contributed by atoms with Crippen LogP contribution in [0.1, 0.15) is 64.7 Å². The topological polar surface area (TPSA) is 59.1 Å². The number of carbonyl (C=O) groups excluding carboxylic acids is 1. The lowest BCUT2D eigenvalue weighted by molar-refractivity contribution is -0.140. The molecule has 1 aliphatic heterocycles. The third kappa shape index (κ3) is 11.7. The molecule has 0 radical (unpaired) electrons. The molecule has 0 saturated carbocycles. The van der Waals surface area contributed by atoms with Crippen LogP contribution in [0.15, 0.2) is 36.5 Å². The molecule has 0 aromatic carbocycles. The number of carbonyl (C=O) groups is 1. The van der Waals surface area contributed by atoms with Gasteiger partial charge in [-0.2, -0.15) is 0 Å². The number of epoxide rings is 1. The number of esters is 1. The van der Waals surface area contributed by atoms with Gasteiger partial charge in [0.15, 0.2) is 0 Å². The fourth-order valence-corrected chi connectivity index (χ4v) is 2.51. The van der Waals surface area contributed by atoms with Gasteiger partial charge in [-0.15, -0.1) is 0 Å². The fraction of sp³-hybridized carbons (Fsp3) is 0.667. The van der Waals surface area contributed by atoms with Gasteiger partial charge in [-0.05, 0) is 38.5 Å². The summed E-state index contributed by atoms with van der Waals surface area (Å²) in [4.78, 5) is 10.9. The summed E-state index contributed by atoms with van der Waals surface area (Å²) in [5.74, 6) is -0.175. The molecule has 1 fully saturated rings. The van der Waals surface area contributed by atoms with E-state index in [-0.39, 0.29) is 18.2 Å². The normalized spacial score (nSPS) is 21.4. The molecule has 1 heterocycles. The van der Waals surface area contributed by atoms with Gasteiger partial charge in [0.05, 0.1) is 19.3 Å². The minimum absolute atomic E-state index is 0.152. The number of hydrogen-bond donors (Lipinski definition) is 1. The van der Waals surface area contributed by atoms with Gasteiger partial charge >= 0.3 is 5.97 Å². The van der Waals surface area contributed by atoms with Crippen molar-refractivity contribution in [1.29, 1.82) is 0 Å². The van der Waals surface area contributed by atoms with E-state index in [1.54, 1.807) is 0 Å². The van der Waals surface area contributed by atoms with E-state index in [9.17, 15) is 9.90 Å². The molecule has 3 atom stereocenters. The van der Waals surface area contributed by atoms with Gasteiger partial charge in [-0.1, -0.05) is 56.2 Å². The van der Waals surface area contributed by atoms with Crippen molar-refractivity contribution in [2.24, 2.45) is 0 Å². The third-order valence-corrected chi connectivity index (χ3v) is 4.18. The summed E-state index contributed by atoms with van der Waals surface area (Å²) in [5, 5.41) is 9.91. The molecular formula is C21H34O4. The van der Waals surface area contributed by atoms with Gasteiger partial charge in [0, 0.05) is 6.42 Å². The quantitative estimate of drug-likeness (QED) is 0.217. The van der Waals surface area contributed by atoms with Crippen LogP contribution in [0.2, 0.25) is 0 Å². The summed E-state index contributed by atoms with van der Waals surface area (Å²) in [6, 6.07) is 0. The van der Waals surface area contributed by atoms with Gasteiger partial charge < -0.3 is 14.6 Å². The van der Waals surface area contributed by atoms with Crippen LogP contribution in [-0.4, -0.2) is 36.5 Å². The van der Waals surface area contributed by atoms with E-state index in [0.717, 1.165) is 25.7 Å². The van der Waals surface area contributed by atoms with Gasteiger partial charge in [0.1, 0.15) is 6.10 Å². The number of methoxy groups -OCH3 is 1. The molecular weight excluding hydrogens is 316 g/mol. The Hall–Kier alpha value is -1.39. The average Bonchev–Trinajstić information content (AvgIpc) is 3.37. The minimum atomic E-state index is -0.480. The summed E-state index contributed by atoms with van der Waals surface area (Å²) >= 11 is 0. The van der Waals surface area contributed by atoms with Crippen molar-refractivity contribution in [2.45, 2.75) is 83.0 Å². The largest absolute Gasteiger partial charge is 0.469 e. The van der Waals surface area contributed by atoms with Crippen molar-refractivity contribution >= 4 is 5.97 Å². The molecule has 0 aliphatic carbocycles. The summed E-state index contributed by atoms with van der Waals surface area (Å²) < 4.78 is 10.2. The van der Waals surface area contributed by atoms with E-state index in [0.29, 0.717) is 12.8 Å². The highest BCUT2D eigenvalue weighted by Gasteiger charge is 2.34. The highest BCUT2D eigenvalue weighted by Crippen LogP contribution is 2.27. The van der Waals surface area contributed by atoms with Gasteiger partial charge in [-0.25, -0.2) is 0 Å². The van der Waals surface area contributed by atoms with E-state index >= 15 is 0 Å². The number of ether oxygens (including phenoxy) is 2. The highest BCUT2D eigenvalue weighted by atomic mass is 16.6. The molecule has 0 spiro atoms. The molecule has 0 bridgehead atoms. The molecule has 0 aromatic rings. The molecule has 1 unspecified atom stereocenters. The predicted octanol–water partition coefficient (Wildman–Crippen LogP) is 4.49. The highest BCUT2D eigenvalue weighted by molar-refractivity contribution is 5.69. The van der Waals surface area contributed by atoms with E-state index in [1.165, 1.54) is 26.4 Å². The summed E-state index contributed by atoms with van der Waals surface area (Å²) in [5.41, 5.74) is 0. The third-order valence-electron chi connectivity index (χ3n) is 4.18. The van der Waals surface area contributed by atoms with Gasteiger partial charge in [0.25, 0.3) is 0 Å². The van der Waals surface area contributed by atoms with Crippen LogP contribution in [-0.2, 0) is 14.3 Å². The van der Waals surface area contributed by atoms with Crippen LogP contribution >= 0.6 is 0 Å². The van der Waals surface area contributed by atoms with Crippen LogP contribution in [0.25, 0.3) is 0 Å². The van der Waals surface area contributed by atoms with E-state index < -0.39 is 6.10 Å². The zero-order valence-corrected chi connectivity index (χ0v) is 15.7. The molecule has 1 rings (SSSR count). The Morgan fingerprint density at radius 2 is 1.92 bits per heavy atom. The van der Waals surface area contributed by atoms with Crippen LogP contribution in [0, 0.1) is 0 Å². The van der Waals surface area contributed by atoms with Crippen molar-refractivity contribution in [3.05, 3.63) is 36.5 Å². The van der Waals surface area contributed by atoms with Crippen molar-refractivity contribution in [3.63, 3.8) is 0 Å². The molecule has 1 N–H and O–H groups in total. The fourth-order valence-electron chi connectivity index (χ4n) is 2.51. The molecule has 1 saturated heterocycles. The van der Waals surface area contributed by atoms with Crippen molar-refractivity contribution in [3.8, 4) is 0 Å². The van der Waals surface area contributed by atoms with Gasteiger partial charge in [0.2, 0.25) is 0 Å². The van der Waals surface area contributed by atoms with Crippen molar-refractivity contribution in [2.75, 3.05) is 7.11 Å². The minimum Gasteiger partial charge on any atom is -0.469 e.